The van der Waals surface area contributed by atoms with Crippen molar-refractivity contribution in [2.75, 3.05) is 0 Å². The van der Waals surface area contributed by atoms with Gasteiger partial charge < -0.3 is 9.84 Å². The SMILES string of the molecule is CC(C)CC(=O)[C@@]12CC[C@]3(C)[C@H](CC[C@@H]4[C@@]5(C)CC[C@H](OC(=O)CC(C)(C)C(=O)O)C(C)(C)[C@@H]5CC[C@]43C)C1=C(C(C)C)C(=O)C2. The summed E-state index contributed by atoms with van der Waals surface area (Å²) in [5.41, 5.74) is 0.387. The van der Waals surface area contributed by atoms with E-state index < -0.39 is 22.8 Å². The zero-order chi connectivity index (χ0) is 34.4. The van der Waals surface area contributed by atoms with E-state index in [-0.39, 0.29) is 57.7 Å². The van der Waals surface area contributed by atoms with Gasteiger partial charge in [0, 0.05) is 18.3 Å². The number of fused-ring (bicyclic) bond motifs is 7. The molecule has 0 radical (unpaired) electrons. The maximum Gasteiger partial charge on any atom is 0.309 e. The quantitative estimate of drug-likeness (QED) is 0.267. The Balaban J connectivity index is 1.47. The van der Waals surface area contributed by atoms with E-state index >= 15 is 0 Å². The average Bonchev–Trinajstić information content (AvgIpc) is 3.23. The van der Waals surface area contributed by atoms with Crippen molar-refractivity contribution < 1.29 is 29.0 Å². The summed E-state index contributed by atoms with van der Waals surface area (Å²) in [6.45, 7) is 23.8. The summed E-state index contributed by atoms with van der Waals surface area (Å²) < 4.78 is 6.13. The van der Waals surface area contributed by atoms with E-state index in [1.165, 1.54) is 5.57 Å². The molecule has 46 heavy (non-hydrogen) atoms. The minimum Gasteiger partial charge on any atom is -0.481 e. The monoisotopic (exact) mass is 638 g/mol. The van der Waals surface area contributed by atoms with Gasteiger partial charge in [-0.2, -0.15) is 0 Å². The number of hydrogen-bond acceptors (Lipinski definition) is 5. The molecule has 0 aliphatic heterocycles. The first kappa shape index (κ1) is 35.3. The summed E-state index contributed by atoms with van der Waals surface area (Å²) in [6, 6.07) is 0. The second kappa shape index (κ2) is 11.3. The van der Waals surface area contributed by atoms with Crippen LogP contribution in [0.1, 0.15) is 147 Å². The Morgan fingerprint density at radius 2 is 1.52 bits per heavy atom. The minimum atomic E-state index is -1.16. The second-order valence-electron chi connectivity index (χ2n) is 19.0. The van der Waals surface area contributed by atoms with E-state index in [1.807, 2.05) is 0 Å². The molecule has 0 spiro atoms. The normalized spacial score (nSPS) is 40.2. The molecule has 0 unspecified atom stereocenters. The Labute approximate surface area is 278 Å². The Kier molecular flexibility index (Phi) is 8.67. The first-order valence-corrected chi connectivity index (χ1v) is 18.3. The van der Waals surface area contributed by atoms with E-state index in [1.54, 1.807) is 13.8 Å². The number of ketones is 2. The van der Waals surface area contributed by atoms with Gasteiger partial charge in [0.1, 0.15) is 11.9 Å². The third-order valence-electron chi connectivity index (χ3n) is 14.9. The lowest BCUT2D eigenvalue weighted by atomic mass is 9.33. The summed E-state index contributed by atoms with van der Waals surface area (Å²) in [5, 5.41) is 9.56. The molecule has 5 aliphatic rings. The van der Waals surface area contributed by atoms with E-state index in [2.05, 4.69) is 62.3 Å². The predicted octanol–water partition coefficient (Wildman–Crippen LogP) is 9.00. The molecule has 0 bridgehead atoms. The van der Waals surface area contributed by atoms with Crippen molar-refractivity contribution in [3.63, 3.8) is 0 Å². The molecule has 5 aliphatic carbocycles. The topological polar surface area (TPSA) is 97.7 Å². The van der Waals surface area contributed by atoms with Crippen LogP contribution in [0.15, 0.2) is 11.1 Å². The third kappa shape index (κ3) is 4.99. The van der Waals surface area contributed by atoms with E-state index in [4.69, 9.17) is 4.74 Å². The summed E-state index contributed by atoms with van der Waals surface area (Å²) in [4.78, 5) is 52.6. The largest absolute Gasteiger partial charge is 0.481 e. The maximum atomic E-state index is 14.1. The predicted molar refractivity (Wildman–Crippen MR) is 180 cm³/mol. The van der Waals surface area contributed by atoms with Gasteiger partial charge in [0.05, 0.1) is 17.3 Å². The fourth-order valence-corrected chi connectivity index (χ4v) is 12.4. The molecule has 4 saturated carbocycles. The lowest BCUT2D eigenvalue weighted by Gasteiger charge is -2.72. The van der Waals surface area contributed by atoms with Crippen molar-refractivity contribution in [1.29, 1.82) is 0 Å². The highest BCUT2D eigenvalue weighted by Gasteiger charge is 2.71. The molecule has 4 fully saturated rings. The fraction of sp³-hybridized carbons (Fsp3) is 0.850. The zero-order valence-corrected chi connectivity index (χ0v) is 30.7. The number of carboxylic acids is 1. The van der Waals surface area contributed by atoms with Crippen LogP contribution < -0.4 is 0 Å². The first-order chi connectivity index (χ1) is 21.1. The van der Waals surface area contributed by atoms with Gasteiger partial charge in [-0.15, -0.1) is 0 Å². The van der Waals surface area contributed by atoms with Gasteiger partial charge in [0.15, 0.2) is 5.78 Å². The van der Waals surface area contributed by atoms with E-state index in [0.717, 1.165) is 56.9 Å². The Morgan fingerprint density at radius 1 is 0.870 bits per heavy atom. The number of carbonyl (C=O) groups excluding carboxylic acids is 3. The summed E-state index contributed by atoms with van der Waals surface area (Å²) in [5.74, 6) is 0.650. The molecule has 0 aromatic heterocycles. The number of ether oxygens (including phenoxy) is 1. The number of rotatable bonds is 8. The van der Waals surface area contributed by atoms with Crippen molar-refractivity contribution >= 4 is 23.5 Å². The standard InChI is InChI=1S/C40H62O6/c1-23(2)20-29(42)40-19-18-38(10)25(33(40)32(24(3)4)26(41)21-40)12-13-28-37(9)16-15-30(46-31(43)22-35(5,6)34(44)45)36(7,8)27(37)14-17-39(28,38)11/h23-25,27-28,30H,12-22H2,1-11H3,(H,44,45)/t25-,27+,28-,30+,37+,38-,39-,40+/m1/s1. The van der Waals surface area contributed by atoms with Crippen molar-refractivity contribution in [2.24, 2.45) is 62.1 Å². The lowest BCUT2D eigenvalue weighted by Crippen LogP contribution is -2.66. The molecule has 0 saturated heterocycles. The number of carboxylic acid groups (broad SMARTS) is 1. The number of carbonyl (C=O) groups is 4. The number of Topliss-reactive ketones (excluding diaryl/α,β-unsaturated/α-hetero) is 2. The molecule has 5 rings (SSSR count). The van der Waals surface area contributed by atoms with Crippen molar-refractivity contribution in [3.05, 3.63) is 11.1 Å². The molecule has 6 heteroatoms. The highest BCUT2D eigenvalue weighted by atomic mass is 16.5. The molecule has 0 amide bonds. The van der Waals surface area contributed by atoms with Gasteiger partial charge in [-0.25, -0.2) is 0 Å². The number of allylic oxidation sites excluding steroid dienone is 2. The Bertz CT molecular complexity index is 1330. The van der Waals surface area contributed by atoms with Crippen LogP contribution in [0.4, 0.5) is 0 Å². The molecule has 0 aromatic rings. The number of aliphatic carboxylic acids is 1. The van der Waals surface area contributed by atoms with Crippen LogP contribution in [0.3, 0.4) is 0 Å². The van der Waals surface area contributed by atoms with E-state index in [9.17, 15) is 24.3 Å². The van der Waals surface area contributed by atoms with Crippen molar-refractivity contribution in [1.82, 2.24) is 0 Å². The summed E-state index contributed by atoms with van der Waals surface area (Å²) in [6.07, 6.45) is 8.37. The molecule has 1 N–H and O–H groups in total. The first-order valence-electron chi connectivity index (χ1n) is 18.3. The minimum absolute atomic E-state index is 0.00146. The zero-order valence-electron chi connectivity index (χ0n) is 30.7. The molecule has 8 atom stereocenters. The molecule has 0 heterocycles. The fourth-order valence-electron chi connectivity index (χ4n) is 12.4. The van der Waals surface area contributed by atoms with Gasteiger partial charge in [0.2, 0.25) is 0 Å². The average molecular weight is 639 g/mol. The van der Waals surface area contributed by atoms with Crippen LogP contribution in [0.2, 0.25) is 0 Å². The van der Waals surface area contributed by atoms with E-state index in [0.29, 0.717) is 30.5 Å². The van der Waals surface area contributed by atoms with Crippen LogP contribution >= 0.6 is 0 Å². The van der Waals surface area contributed by atoms with Crippen LogP contribution in [0, 0.1) is 62.1 Å². The van der Waals surface area contributed by atoms with Crippen LogP contribution in [0.5, 0.6) is 0 Å². The maximum absolute atomic E-state index is 14.1. The lowest BCUT2D eigenvalue weighted by molar-refractivity contribution is -0.233. The second-order valence-corrected chi connectivity index (χ2v) is 19.0. The Hall–Kier alpha value is -1.98. The number of esters is 1. The van der Waals surface area contributed by atoms with Crippen LogP contribution in [-0.4, -0.2) is 34.7 Å². The van der Waals surface area contributed by atoms with Gasteiger partial charge in [-0.3, -0.25) is 19.2 Å². The van der Waals surface area contributed by atoms with Gasteiger partial charge in [-0.1, -0.05) is 62.3 Å². The van der Waals surface area contributed by atoms with Crippen molar-refractivity contribution in [2.45, 2.75) is 153 Å². The molecule has 258 valence electrons. The highest BCUT2D eigenvalue weighted by Crippen LogP contribution is 2.77. The van der Waals surface area contributed by atoms with Gasteiger partial charge in [0.25, 0.3) is 0 Å². The van der Waals surface area contributed by atoms with Gasteiger partial charge >= 0.3 is 11.9 Å². The summed E-state index contributed by atoms with van der Waals surface area (Å²) in [7, 11) is 0. The summed E-state index contributed by atoms with van der Waals surface area (Å²) >= 11 is 0. The number of hydrogen-bond donors (Lipinski definition) is 1. The Morgan fingerprint density at radius 3 is 2.11 bits per heavy atom. The van der Waals surface area contributed by atoms with Crippen LogP contribution in [-0.2, 0) is 23.9 Å². The smallest absolute Gasteiger partial charge is 0.309 e. The molecule has 6 nitrogen and oxygen atoms in total. The highest BCUT2D eigenvalue weighted by molar-refractivity contribution is 6.07. The molecular weight excluding hydrogens is 576 g/mol. The molecular formula is C40H62O6. The van der Waals surface area contributed by atoms with Gasteiger partial charge in [-0.05, 0) is 122 Å². The van der Waals surface area contributed by atoms with Crippen molar-refractivity contribution in [3.8, 4) is 0 Å². The van der Waals surface area contributed by atoms with Crippen LogP contribution in [0.25, 0.3) is 0 Å². The third-order valence-corrected chi connectivity index (χ3v) is 14.9. The molecule has 0 aromatic carbocycles.